The highest BCUT2D eigenvalue weighted by Crippen LogP contribution is 2.21. The normalized spacial score (nSPS) is 9.75. The second-order valence-corrected chi connectivity index (χ2v) is 3.41. The summed E-state index contributed by atoms with van der Waals surface area (Å²) in [6.07, 6.45) is 1.74. The van der Waals surface area contributed by atoms with Gasteiger partial charge in [-0.25, -0.2) is 0 Å². The summed E-state index contributed by atoms with van der Waals surface area (Å²) in [4.78, 5) is 0. The third kappa shape index (κ3) is 2.51. The van der Waals surface area contributed by atoms with Crippen molar-refractivity contribution in [1.29, 1.82) is 0 Å². The van der Waals surface area contributed by atoms with E-state index in [1.165, 1.54) is 11.1 Å². The Morgan fingerprint density at radius 1 is 1.00 bits per heavy atom. The minimum absolute atomic E-state index is 0.541. The van der Waals surface area contributed by atoms with Gasteiger partial charge in [-0.3, -0.25) is 0 Å². The Bertz CT molecular complexity index is 443. The third-order valence-electron chi connectivity index (χ3n) is 2.27. The molecule has 16 heavy (non-hydrogen) atoms. The third-order valence-corrected chi connectivity index (χ3v) is 2.27. The predicted molar refractivity (Wildman–Crippen MR) is 66.4 cm³/mol. The molecule has 1 heteroatoms. The van der Waals surface area contributed by atoms with Gasteiger partial charge in [0.25, 0.3) is 0 Å². The summed E-state index contributed by atoms with van der Waals surface area (Å²) in [6.45, 7) is 4.15. The molecule has 0 heterocycles. The molecule has 0 aliphatic rings. The summed E-state index contributed by atoms with van der Waals surface area (Å²) in [5.41, 5.74) is 2.37. The highest BCUT2D eigenvalue weighted by molar-refractivity contribution is 5.63. The summed E-state index contributed by atoms with van der Waals surface area (Å²) < 4.78 is 5.42. The maximum atomic E-state index is 5.42. The lowest BCUT2D eigenvalue weighted by atomic mass is 10.1. The van der Waals surface area contributed by atoms with Crippen molar-refractivity contribution in [2.75, 3.05) is 6.61 Å². The van der Waals surface area contributed by atoms with Crippen LogP contribution in [0.2, 0.25) is 0 Å². The van der Waals surface area contributed by atoms with Crippen molar-refractivity contribution in [3.05, 3.63) is 67.3 Å². The lowest BCUT2D eigenvalue weighted by Crippen LogP contribution is -1.91. The molecule has 0 aliphatic heterocycles. The molecule has 0 saturated heterocycles. The number of ether oxygens (including phenoxy) is 1. The van der Waals surface area contributed by atoms with Gasteiger partial charge in [0.1, 0.15) is 12.4 Å². The van der Waals surface area contributed by atoms with E-state index >= 15 is 0 Å². The number of rotatable bonds is 4. The summed E-state index contributed by atoms with van der Waals surface area (Å²) in [7, 11) is 0. The van der Waals surface area contributed by atoms with Crippen LogP contribution in [-0.4, -0.2) is 6.61 Å². The molecule has 2 aromatic rings. The highest BCUT2D eigenvalue weighted by Gasteiger charge is 1.97. The molecule has 0 atom stereocenters. The summed E-state index contributed by atoms with van der Waals surface area (Å²) in [6, 6.07) is 19.0. The van der Waals surface area contributed by atoms with E-state index < -0.39 is 0 Å². The Hall–Kier alpha value is -2.02. The monoisotopic (exact) mass is 209 g/mol. The first kappa shape index (κ1) is 10.5. The first-order chi connectivity index (χ1) is 7.90. The molecule has 0 spiro atoms. The Morgan fingerprint density at radius 3 is 2.25 bits per heavy atom. The number of hydrogen-bond acceptors (Lipinski definition) is 1. The van der Waals surface area contributed by atoms with Gasteiger partial charge in [0.2, 0.25) is 0 Å². The van der Waals surface area contributed by atoms with Crippen LogP contribution in [0.25, 0.3) is 11.1 Å². The van der Waals surface area contributed by atoms with Crippen molar-refractivity contribution in [2.45, 2.75) is 0 Å². The topological polar surface area (TPSA) is 9.23 Å². The zero-order valence-corrected chi connectivity index (χ0v) is 9.02. The molecule has 0 amide bonds. The minimum atomic E-state index is 0.541. The lowest BCUT2D eigenvalue weighted by molar-refractivity contribution is 0.363. The molecule has 0 fully saturated rings. The van der Waals surface area contributed by atoms with Gasteiger partial charge < -0.3 is 4.74 Å². The molecule has 2 aromatic carbocycles. The number of benzene rings is 2. The first-order valence-electron chi connectivity index (χ1n) is 5.20. The van der Waals surface area contributed by atoms with Crippen LogP contribution in [0.5, 0.6) is 5.75 Å². The van der Waals surface area contributed by atoms with E-state index in [2.05, 4.69) is 12.6 Å². The molecule has 0 aromatic heterocycles. The van der Waals surface area contributed by atoms with Gasteiger partial charge >= 0.3 is 0 Å². The van der Waals surface area contributed by atoms with E-state index in [0.29, 0.717) is 6.61 Å². The van der Waals surface area contributed by atoms with Crippen LogP contribution < -0.4 is 4.74 Å². The Morgan fingerprint density at radius 2 is 1.62 bits per heavy atom. The van der Waals surface area contributed by atoms with Gasteiger partial charge in [0.15, 0.2) is 0 Å². The lowest BCUT2D eigenvalue weighted by Gasteiger charge is -2.05. The van der Waals surface area contributed by atoms with Crippen molar-refractivity contribution >= 4 is 0 Å². The molecule has 79 valence electrons. The smallest absolute Gasteiger partial charge is 0.119 e. The minimum Gasteiger partial charge on any atom is -0.490 e. The molecular weight excluding hydrogens is 196 g/mol. The average Bonchev–Trinajstić information content (AvgIpc) is 2.38. The summed E-state index contributed by atoms with van der Waals surface area (Å²) in [5, 5.41) is 0. The van der Waals surface area contributed by atoms with E-state index in [9.17, 15) is 0 Å². The summed E-state index contributed by atoms with van der Waals surface area (Å²) >= 11 is 0. The van der Waals surface area contributed by atoms with E-state index in [4.69, 9.17) is 4.74 Å². The van der Waals surface area contributed by atoms with Crippen molar-refractivity contribution < 1.29 is 4.74 Å². The maximum Gasteiger partial charge on any atom is 0.119 e. The van der Waals surface area contributed by atoms with Crippen molar-refractivity contribution in [3.8, 4) is 16.9 Å². The van der Waals surface area contributed by atoms with E-state index in [-0.39, 0.29) is 0 Å². The Kier molecular flexibility index (Phi) is 3.39. The second-order valence-electron chi connectivity index (χ2n) is 3.41. The van der Waals surface area contributed by atoms with Crippen LogP contribution in [0.15, 0.2) is 61.2 Å². The van der Waals surface area contributed by atoms with Crippen LogP contribution in [0, 0.1) is 6.07 Å². The van der Waals surface area contributed by atoms with Crippen LogP contribution in [0.3, 0.4) is 0 Å². The maximum absolute atomic E-state index is 5.42. The van der Waals surface area contributed by atoms with Crippen molar-refractivity contribution in [3.63, 3.8) is 0 Å². The van der Waals surface area contributed by atoms with Crippen molar-refractivity contribution in [1.82, 2.24) is 0 Å². The highest BCUT2D eigenvalue weighted by atomic mass is 16.5. The van der Waals surface area contributed by atoms with Crippen LogP contribution in [-0.2, 0) is 0 Å². The molecule has 0 N–H and O–H groups in total. The quantitative estimate of drug-likeness (QED) is 0.697. The zero-order valence-electron chi connectivity index (χ0n) is 9.02. The van der Waals surface area contributed by atoms with Gasteiger partial charge in [-0.2, -0.15) is 0 Å². The fourth-order valence-corrected chi connectivity index (χ4v) is 1.48. The zero-order chi connectivity index (χ0) is 11.2. The van der Waals surface area contributed by atoms with Crippen molar-refractivity contribution in [2.24, 2.45) is 0 Å². The molecule has 0 unspecified atom stereocenters. The van der Waals surface area contributed by atoms with Crippen LogP contribution in [0.4, 0.5) is 0 Å². The largest absolute Gasteiger partial charge is 0.490 e. The molecular formula is C15H13O. The molecule has 0 bridgehead atoms. The molecule has 1 nitrogen and oxygen atoms in total. The first-order valence-corrected chi connectivity index (χ1v) is 5.20. The number of hydrogen-bond donors (Lipinski definition) is 0. The van der Waals surface area contributed by atoms with Gasteiger partial charge in [0, 0.05) is 0 Å². The van der Waals surface area contributed by atoms with Gasteiger partial charge in [0.05, 0.1) is 0 Å². The standard InChI is InChI=1S/C15H13O/c1-2-12-16-15-10-8-14(9-11-15)13-6-4-3-5-7-13/h2,4-11H,1,12H2. The predicted octanol–water partition coefficient (Wildman–Crippen LogP) is 3.72. The molecule has 1 radical (unpaired) electrons. The van der Waals surface area contributed by atoms with Gasteiger partial charge in [-0.1, -0.05) is 49.1 Å². The van der Waals surface area contributed by atoms with Crippen LogP contribution >= 0.6 is 0 Å². The molecule has 0 saturated carbocycles. The fraction of sp³-hybridized carbons (Fsp3) is 0.0667. The fourth-order valence-electron chi connectivity index (χ4n) is 1.48. The molecule has 2 rings (SSSR count). The van der Waals surface area contributed by atoms with E-state index in [0.717, 1.165) is 5.75 Å². The Labute approximate surface area is 96.0 Å². The van der Waals surface area contributed by atoms with Gasteiger partial charge in [-0.15, -0.1) is 0 Å². The Balaban J connectivity index is 2.16. The summed E-state index contributed by atoms with van der Waals surface area (Å²) in [5.74, 6) is 0.867. The average molecular weight is 209 g/mol. The van der Waals surface area contributed by atoms with Crippen LogP contribution in [0.1, 0.15) is 0 Å². The SMILES string of the molecule is C=CCOc1ccc(-c2cc[c]cc2)cc1. The molecule has 0 aliphatic carbocycles. The van der Waals surface area contributed by atoms with E-state index in [1.54, 1.807) is 6.08 Å². The van der Waals surface area contributed by atoms with E-state index in [1.807, 2.05) is 48.5 Å². The van der Waals surface area contributed by atoms with Gasteiger partial charge in [-0.05, 0) is 29.3 Å². The second kappa shape index (κ2) is 5.17.